The van der Waals surface area contributed by atoms with E-state index in [1.165, 1.54) is 5.01 Å². The standard InChI is InChI=1S/C25H22N4O4/c1-33-20-10-8-17(9-11-20)22-13-21(19-7-6-16-4-2-3-5-18(16)12-19)27-29(22)24(31)15-28-23(30)14-26-25(28)32/h2-12,22H,13-15H2,1H3,(H,26,32)/t22-/m0/s1. The van der Waals surface area contributed by atoms with Gasteiger partial charge in [-0.3, -0.25) is 14.5 Å². The first-order valence-electron chi connectivity index (χ1n) is 10.6. The quantitative estimate of drug-likeness (QED) is 0.615. The molecule has 0 saturated carbocycles. The van der Waals surface area contributed by atoms with Gasteiger partial charge >= 0.3 is 6.03 Å². The van der Waals surface area contributed by atoms with Crippen LogP contribution in [-0.2, 0) is 9.59 Å². The van der Waals surface area contributed by atoms with Crippen molar-refractivity contribution in [2.75, 3.05) is 20.2 Å². The molecule has 8 nitrogen and oxygen atoms in total. The molecule has 33 heavy (non-hydrogen) atoms. The van der Waals surface area contributed by atoms with E-state index in [-0.39, 0.29) is 19.1 Å². The van der Waals surface area contributed by atoms with Gasteiger partial charge in [-0.2, -0.15) is 5.10 Å². The van der Waals surface area contributed by atoms with Gasteiger partial charge in [0.15, 0.2) is 0 Å². The minimum atomic E-state index is -0.563. The van der Waals surface area contributed by atoms with E-state index in [1.807, 2.05) is 60.7 Å². The second kappa shape index (κ2) is 8.38. The summed E-state index contributed by atoms with van der Waals surface area (Å²) in [5.41, 5.74) is 2.59. The molecule has 0 aromatic heterocycles. The molecule has 2 aliphatic heterocycles. The molecule has 2 heterocycles. The van der Waals surface area contributed by atoms with Crippen molar-refractivity contribution in [3.8, 4) is 5.75 Å². The van der Waals surface area contributed by atoms with Crippen LogP contribution in [0.2, 0.25) is 0 Å². The van der Waals surface area contributed by atoms with Crippen LogP contribution in [0.25, 0.3) is 10.8 Å². The monoisotopic (exact) mass is 442 g/mol. The minimum Gasteiger partial charge on any atom is -0.497 e. The lowest BCUT2D eigenvalue weighted by atomic mass is 9.97. The van der Waals surface area contributed by atoms with Gasteiger partial charge in [0.2, 0.25) is 0 Å². The third-order valence-electron chi connectivity index (χ3n) is 5.98. The van der Waals surface area contributed by atoms with Gasteiger partial charge < -0.3 is 10.1 Å². The van der Waals surface area contributed by atoms with Crippen LogP contribution in [0.1, 0.15) is 23.6 Å². The van der Waals surface area contributed by atoms with Crippen LogP contribution in [0.4, 0.5) is 4.79 Å². The molecule has 3 aromatic rings. The van der Waals surface area contributed by atoms with E-state index in [4.69, 9.17) is 4.74 Å². The number of carbonyl (C=O) groups excluding carboxylic acids is 3. The van der Waals surface area contributed by atoms with E-state index in [9.17, 15) is 14.4 Å². The number of carbonyl (C=O) groups is 3. The van der Waals surface area contributed by atoms with Crippen LogP contribution < -0.4 is 10.1 Å². The van der Waals surface area contributed by atoms with Gasteiger partial charge in [0.1, 0.15) is 12.3 Å². The number of methoxy groups -OCH3 is 1. The second-order valence-electron chi connectivity index (χ2n) is 7.98. The normalized spacial score (nSPS) is 18.0. The summed E-state index contributed by atoms with van der Waals surface area (Å²) in [6.45, 7) is -0.453. The molecule has 0 aliphatic carbocycles. The summed E-state index contributed by atoms with van der Waals surface area (Å²) < 4.78 is 5.25. The van der Waals surface area contributed by atoms with E-state index in [0.717, 1.165) is 32.5 Å². The molecule has 2 aliphatic rings. The molecule has 1 saturated heterocycles. The van der Waals surface area contributed by atoms with E-state index < -0.39 is 17.8 Å². The Labute approximate surface area is 190 Å². The number of hydrazone groups is 1. The predicted molar refractivity (Wildman–Crippen MR) is 123 cm³/mol. The topological polar surface area (TPSA) is 91.3 Å². The molecule has 1 N–H and O–H groups in total. The molecule has 1 fully saturated rings. The lowest BCUT2D eigenvalue weighted by Crippen LogP contribution is -2.41. The highest BCUT2D eigenvalue weighted by atomic mass is 16.5. The number of fused-ring (bicyclic) bond motifs is 1. The molecule has 0 spiro atoms. The number of hydrogen-bond acceptors (Lipinski definition) is 5. The van der Waals surface area contributed by atoms with Crippen molar-refractivity contribution < 1.29 is 19.1 Å². The summed E-state index contributed by atoms with van der Waals surface area (Å²) in [7, 11) is 1.60. The Bertz CT molecular complexity index is 1270. The van der Waals surface area contributed by atoms with E-state index in [2.05, 4.69) is 16.5 Å². The molecule has 5 rings (SSSR count). The highest BCUT2D eigenvalue weighted by Crippen LogP contribution is 2.34. The molecular weight excluding hydrogens is 420 g/mol. The first-order chi connectivity index (χ1) is 16.0. The fourth-order valence-electron chi connectivity index (χ4n) is 4.19. The first kappa shape index (κ1) is 20.7. The number of urea groups is 1. The van der Waals surface area contributed by atoms with Gasteiger partial charge in [-0.15, -0.1) is 0 Å². The third kappa shape index (κ3) is 3.91. The fraction of sp³-hybridized carbons (Fsp3) is 0.200. The summed E-state index contributed by atoms with van der Waals surface area (Å²) >= 11 is 0. The zero-order chi connectivity index (χ0) is 22.9. The molecular formula is C25H22N4O4. The highest BCUT2D eigenvalue weighted by molar-refractivity contribution is 6.07. The van der Waals surface area contributed by atoms with Crippen LogP contribution in [0.15, 0.2) is 71.8 Å². The number of amides is 4. The van der Waals surface area contributed by atoms with Crippen LogP contribution >= 0.6 is 0 Å². The summed E-state index contributed by atoms with van der Waals surface area (Å²) in [4.78, 5) is 38.1. The maximum atomic E-state index is 13.2. The number of benzene rings is 3. The maximum absolute atomic E-state index is 13.2. The van der Waals surface area contributed by atoms with Gasteiger partial charge in [-0.05, 0) is 40.1 Å². The third-order valence-corrected chi connectivity index (χ3v) is 5.98. The van der Waals surface area contributed by atoms with Gasteiger partial charge in [0, 0.05) is 6.42 Å². The SMILES string of the molecule is COc1ccc([C@@H]2CC(c3ccc4ccccc4c3)=NN2C(=O)CN2C(=O)CNC2=O)cc1. The number of nitrogens with zero attached hydrogens (tertiary/aromatic N) is 3. The predicted octanol–water partition coefficient (Wildman–Crippen LogP) is 3.08. The number of hydrogen-bond donors (Lipinski definition) is 1. The Morgan fingerprint density at radius 2 is 1.82 bits per heavy atom. The smallest absolute Gasteiger partial charge is 0.325 e. The number of imide groups is 1. The Morgan fingerprint density at radius 1 is 1.06 bits per heavy atom. The average Bonchev–Trinajstić information content (AvgIpc) is 3.43. The summed E-state index contributed by atoms with van der Waals surface area (Å²) in [6, 6.07) is 20.7. The zero-order valence-corrected chi connectivity index (χ0v) is 18.0. The van der Waals surface area contributed by atoms with E-state index in [1.54, 1.807) is 7.11 Å². The molecule has 4 amide bonds. The Morgan fingerprint density at radius 3 is 2.52 bits per heavy atom. The molecule has 0 unspecified atom stereocenters. The Hall–Kier alpha value is -4.20. The lowest BCUT2D eigenvalue weighted by molar-refractivity contribution is -0.137. The number of rotatable bonds is 5. The van der Waals surface area contributed by atoms with Crippen LogP contribution in [0, 0.1) is 0 Å². The molecule has 0 bridgehead atoms. The van der Waals surface area contributed by atoms with E-state index >= 15 is 0 Å². The van der Waals surface area contributed by atoms with Crippen molar-refractivity contribution in [2.24, 2.45) is 5.10 Å². The maximum Gasteiger partial charge on any atom is 0.325 e. The van der Waals surface area contributed by atoms with Crippen molar-refractivity contribution in [1.82, 2.24) is 15.2 Å². The van der Waals surface area contributed by atoms with Crippen molar-refractivity contribution in [3.63, 3.8) is 0 Å². The van der Waals surface area contributed by atoms with Crippen LogP contribution in [-0.4, -0.2) is 53.7 Å². The minimum absolute atomic E-state index is 0.0976. The molecule has 8 heteroatoms. The molecule has 166 valence electrons. The summed E-state index contributed by atoms with van der Waals surface area (Å²) in [6.07, 6.45) is 0.510. The highest BCUT2D eigenvalue weighted by Gasteiger charge is 2.37. The summed E-state index contributed by atoms with van der Waals surface area (Å²) in [5.74, 6) is -0.131. The lowest BCUT2D eigenvalue weighted by Gasteiger charge is -2.23. The van der Waals surface area contributed by atoms with Crippen LogP contribution in [0.3, 0.4) is 0 Å². The molecule has 1 atom stereocenters. The molecule has 3 aromatic carbocycles. The van der Waals surface area contributed by atoms with Gasteiger partial charge in [-0.25, -0.2) is 9.80 Å². The zero-order valence-electron chi connectivity index (χ0n) is 18.0. The first-order valence-corrected chi connectivity index (χ1v) is 10.6. The summed E-state index contributed by atoms with van der Waals surface area (Å²) in [5, 5.41) is 10.7. The average molecular weight is 442 g/mol. The van der Waals surface area contributed by atoms with Crippen molar-refractivity contribution >= 4 is 34.3 Å². The van der Waals surface area contributed by atoms with Gasteiger partial charge in [-0.1, -0.05) is 48.5 Å². The number of nitrogens with one attached hydrogen (secondary N) is 1. The second-order valence-corrected chi connectivity index (χ2v) is 7.98. The fourth-order valence-corrected chi connectivity index (χ4v) is 4.19. The van der Waals surface area contributed by atoms with Crippen molar-refractivity contribution in [2.45, 2.75) is 12.5 Å². The van der Waals surface area contributed by atoms with E-state index in [0.29, 0.717) is 12.2 Å². The van der Waals surface area contributed by atoms with Gasteiger partial charge in [0.25, 0.3) is 11.8 Å². The number of ether oxygens (including phenoxy) is 1. The van der Waals surface area contributed by atoms with Crippen LogP contribution in [0.5, 0.6) is 5.75 Å². The van der Waals surface area contributed by atoms with Gasteiger partial charge in [0.05, 0.1) is 25.4 Å². The molecule has 0 radical (unpaired) electrons. The van der Waals surface area contributed by atoms with Crippen molar-refractivity contribution in [1.29, 1.82) is 0 Å². The Kier molecular flexibility index (Phi) is 5.26. The largest absolute Gasteiger partial charge is 0.497 e. The van der Waals surface area contributed by atoms with Crippen molar-refractivity contribution in [3.05, 3.63) is 77.9 Å². The Balaban J connectivity index is 1.48.